The van der Waals surface area contributed by atoms with E-state index in [1.54, 1.807) is 29.9 Å². The Balaban J connectivity index is 1.84. The number of carbonyl (C=O) groups is 1. The van der Waals surface area contributed by atoms with E-state index in [0.29, 0.717) is 46.1 Å². The van der Waals surface area contributed by atoms with E-state index < -0.39 is 0 Å². The SMILES string of the molecule is COCCn1c(SCC(=O)N2CC(C)CC(C)C2)nc2cc(Cl)ccc2c1=O. The average Bonchev–Trinajstić information content (AvgIpc) is 2.64. The Hall–Kier alpha value is -1.57. The third-order valence-corrected chi connectivity index (χ3v) is 6.14. The van der Waals surface area contributed by atoms with Crippen molar-refractivity contribution in [3.05, 3.63) is 33.6 Å². The molecule has 0 N–H and O–H groups in total. The Kier molecular flexibility index (Phi) is 7.01. The molecule has 0 radical (unpaired) electrons. The maximum Gasteiger partial charge on any atom is 0.262 e. The Morgan fingerprint density at radius 1 is 1.32 bits per heavy atom. The molecule has 0 spiro atoms. The van der Waals surface area contributed by atoms with Crippen molar-refractivity contribution in [2.45, 2.75) is 32.0 Å². The van der Waals surface area contributed by atoms with Gasteiger partial charge in [0.05, 0.1) is 29.8 Å². The van der Waals surface area contributed by atoms with Gasteiger partial charge in [-0.2, -0.15) is 0 Å². The highest BCUT2D eigenvalue weighted by atomic mass is 35.5. The van der Waals surface area contributed by atoms with Crippen LogP contribution in [0.25, 0.3) is 10.9 Å². The van der Waals surface area contributed by atoms with Crippen LogP contribution in [0.3, 0.4) is 0 Å². The lowest BCUT2D eigenvalue weighted by Gasteiger charge is -2.35. The number of thioether (sulfide) groups is 1. The van der Waals surface area contributed by atoms with Crippen molar-refractivity contribution < 1.29 is 9.53 Å². The highest BCUT2D eigenvalue weighted by Gasteiger charge is 2.25. The fraction of sp³-hybridized carbons (Fsp3) is 0.550. The molecule has 6 nitrogen and oxygen atoms in total. The number of likely N-dealkylation sites (tertiary alicyclic amines) is 1. The molecule has 1 fully saturated rings. The van der Waals surface area contributed by atoms with Crippen molar-refractivity contribution in [3.8, 4) is 0 Å². The van der Waals surface area contributed by atoms with Crippen molar-refractivity contribution in [3.63, 3.8) is 0 Å². The Morgan fingerprint density at radius 2 is 2.04 bits per heavy atom. The summed E-state index contributed by atoms with van der Waals surface area (Å²) in [4.78, 5) is 32.2. The van der Waals surface area contributed by atoms with E-state index in [2.05, 4.69) is 18.8 Å². The number of methoxy groups -OCH3 is 1. The van der Waals surface area contributed by atoms with Crippen LogP contribution in [0.15, 0.2) is 28.2 Å². The summed E-state index contributed by atoms with van der Waals surface area (Å²) in [6, 6.07) is 5.05. The molecule has 2 atom stereocenters. The van der Waals surface area contributed by atoms with Crippen LogP contribution in [0.2, 0.25) is 5.02 Å². The highest BCUT2D eigenvalue weighted by Crippen LogP contribution is 2.24. The predicted molar refractivity (Wildman–Crippen MR) is 113 cm³/mol. The van der Waals surface area contributed by atoms with Crippen LogP contribution in [-0.2, 0) is 16.1 Å². The van der Waals surface area contributed by atoms with Crippen molar-refractivity contribution in [1.29, 1.82) is 0 Å². The fourth-order valence-corrected chi connectivity index (χ4v) is 4.84. The topological polar surface area (TPSA) is 64.4 Å². The lowest BCUT2D eigenvalue weighted by molar-refractivity contribution is -0.130. The summed E-state index contributed by atoms with van der Waals surface area (Å²) in [5.74, 6) is 1.37. The molecule has 0 aliphatic carbocycles. The molecule has 1 aromatic heterocycles. The molecule has 2 heterocycles. The Bertz CT molecular complexity index is 907. The van der Waals surface area contributed by atoms with Gasteiger partial charge >= 0.3 is 0 Å². The number of aromatic nitrogens is 2. The number of halogens is 1. The van der Waals surface area contributed by atoms with Gasteiger partial charge in [-0.3, -0.25) is 14.2 Å². The molecule has 1 aliphatic heterocycles. The zero-order valence-corrected chi connectivity index (χ0v) is 18.1. The minimum atomic E-state index is -0.145. The van der Waals surface area contributed by atoms with E-state index in [0.717, 1.165) is 19.5 Å². The molecule has 1 amide bonds. The van der Waals surface area contributed by atoms with E-state index in [4.69, 9.17) is 16.3 Å². The fourth-order valence-electron chi connectivity index (χ4n) is 3.75. The van der Waals surface area contributed by atoms with Crippen LogP contribution in [-0.4, -0.2) is 52.9 Å². The molecular weight excluding hydrogens is 398 g/mol. The molecular formula is C20H26ClN3O3S. The first-order chi connectivity index (χ1) is 13.4. The summed E-state index contributed by atoms with van der Waals surface area (Å²) in [5, 5.41) is 1.55. The normalized spacial score (nSPS) is 19.9. The number of amides is 1. The zero-order chi connectivity index (χ0) is 20.3. The number of hydrogen-bond acceptors (Lipinski definition) is 5. The molecule has 1 aromatic carbocycles. The van der Waals surface area contributed by atoms with Gasteiger partial charge in [0, 0.05) is 25.2 Å². The van der Waals surface area contributed by atoms with Gasteiger partial charge in [-0.1, -0.05) is 37.2 Å². The molecule has 8 heteroatoms. The maximum absolute atomic E-state index is 12.9. The van der Waals surface area contributed by atoms with Crippen LogP contribution >= 0.6 is 23.4 Å². The molecule has 152 valence electrons. The number of ether oxygens (including phenoxy) is 1. The smallest absolute Gasteiger partial charge is 0.262 e. The van der Waals surface area contributed by atoms with Gasteiger partial charge in [0.15, 0.2) is 5.16 Å². The second-order valence-corrected chi connectivity index (χ2v) is 8.92. The Labute approximate surface area is 174 Å². The molecule has 1 aliphatic rings. The summed E-state index contributed by atoms with van der Waals surface area (Å²) in [6.45, 7) is 6.72. The van der Waals surface area contributed by atoms with Crippen LogP contribution in [0, 0.1) is 11.8 Å². The lowest BCUT2D eigenvalue weighted by Crippen LogP contribution is -2.43. The van der Waals surface area contributed by atoms with Crippen molar-refractivity contribution >= 4 is 40.2 Å². The predicted octanol–water partition coefficient (Wildman–Crippen LogP) is 3.29. The van der Waals surface area contributed by atoms with E-state index in [1.807, 2.05) is 4.90 Å². The molecule has 2 aromatic rings. The average molecular weight is 424 g/mol. The summed E-state index contributed by atoms with van der Waals surface area (Å²) in [7, 11) is 1.59. The van der Waals surface area contributed by atoms with Crippen molar-refractivity contribution in [2.75, 3.05) is 32.6 Å². The summed E-state index contributed by atoms with van der Waals surface area (Å²) < 4.78 is 6.72. The molecule has 2 unspecified atom stereocenters. The second kappa shape index (κ2) is 9.29. The van der Waals surface area contributed by atoms with E-state index in [1.165, 1.54) is 11.8 Å². The molecule has 0 saturated carbocycles. The van der Waals surface area contributed by atoms with E-state index >= 15 is 0 Å². The van der Waals surface area contributed by atoms with Crippen LogP contribution < -0.4 is 5.56 Å². The largest absolute Gasteiger partial charge is 0.383 e. The van der Waals surface area contributed by atoms with Gasteiger partial charge in [-0.05, 0) is 36.5 Å². The van der Waals surface area contributed by atoms with Gasteiger partial charge in [-0.25, -0.2) is 4.98 Å². The van der Waals surface area contributed by atoms with Gasteiger partial charge in [0.25, 0.3) is 5.56 Å². The quantitative estimate of drug-likeness (QED) is 0.527. The number of carbonyl (C=O) groups excluding carboxylic acids is 1. The first-order valence-corrected chi connectivity index (χ1v) is 10.8. The zero-order valence-electron chi connectivity index (χ0n) is 16.5. The minimum Gasteiger partial charge on any atom is -0.383 e. The number of rotatable bonds is 6. The van der Waals surface area contributed by atoms with E-state index in [-0.39, 0.29) is 17.2 Å². The second-order valence-electron chi connectivity index (χ2n) is 7.54. The summed E-state index contributed by atoms with van der Waals surface area (Å²) >= 11 is 7.37. The highest BCUT2D eigenvalue weighted by molar-refractivity contribution is 7.99. The first kappa shape index (κ1) is 21.1. The van der Waals surface area contributed by atoms with Crippen LogP contribution in [0.4, 0.5) is 0 Å². The molecule has 0 bridgehead atoms. The number of hydrogen-bond donors (Lipinski definition) is 0. The van der Waals surface area contributed by atoms with Gasteiger partial charge in [0.2, 0.25) is 5.91 Å². The van der Waals surface area contributed by atoms with Gasteiger partial charge in [0.1, 0.15) is 0 Å². The number of benzene rings is 1. The first-order valence-electron chi connectivity index (χ1n) is 9.48. The van der Waals surface area contributed by atoms with Crippen LogP contribution in [0.1, 0.15) is 20.3 Å². The third-order valence-electron chi connectivity index (χ3n) is 4.95. The summed E-state index contributed by atoms with van der Waals surface area (Å²) in [5.41, 5.74) is 0.398. The third kappa shape index (κ3) is 4.88. The van der Waals surface area contributed by atoms with Gasteiger partial charge < -0.3 is 9.64 Å². The van der Waals surface area contributed by atoms with Crippen molar-refractivity contribution in [1.82, 2.24) is 14.5 Å². The molecule has 28 heavy (non-hydrogen) atoms. The Morgan fingerprint density at radius 3 is 2.71 bits per heavy atom. The lowest BCUT2D eigenvalue weighted by atomic mass is 9.92. The number of fused-ring (bicyclic) bond motifs is 1. The van der Waals surface area contributed by atoms with Crippen LogP contribution in [0.5, 0.6) is 0 Å². The number of nitrogens with zero attached hydrogens (tertiary/aromatic N) is 3. The monoisotopic (exact) mass is 423 g/mol. The van der Waals surface area contributed by atoms with Gasteiger partial charge in [-0.15, -0.1) is 0 Å². The number of piperidine rings is 1. The van der Waals surface area contributed by atoms with Crippen molar-refractivity contribution in [2.24, 2.45) is 11.8 Å². The minimum absolute atomic E-state index is 0.0853. The van der Waals surface area contributed by atoms with E-state index in [9.17, 15) is 9.59 Å². The molecule has 1 saturated heterocycles. The molecule has 3 rings (SSSR count). The standard InChI is InChI=1S/C20H26ClN3O3S/c1-13-8-14(2)11-23(10-13)18(25)12-28-20-22-17-9-15(21)4-5-16(17)19(26)24(20)6-7-27-3/h4-5,9,13-14H,6-8,10-12H2,1-3H3. The summed E-state index contributed by atoms with van der Waals surface area (Å²) in [6.07, 6.45) is 1.15. The maximum atomic E-state index is 12.9.